The van der Waals surface area contributed by atoms with Crippen LogP contribution in [0.4, 0.5) is 5.69 Å². The Morgan fingerprint density at radius 2 is 2.29 bits per heavy atom. The monoisotopic (exact) mass is 282 g/mol. The average Bonchev–Trinajstić information content (AvgIpc) is 2.54. The number of aromatic nitrogens is 1. The summed E-state index contributed by atoms with van der Waals surface area (Å²) in [6.45, 7) is 1.27. The van der Waals surface area contributed by atoms with E-state index in [4.69, 9.17) is 4.74 Å². The Hall–Kier alpha value is -2.20. The van der Waals surface area contributed by atoms with Crippen LogP contribution in [0.2, 0.25) is 0 Å². The molecule has 108 valence electrons. The molecule has 4 nitrogen and oxygen atoms in total. The maximum absolute atomic E-state index is 12.8. The highest BCUT2D eigenvalue weighted by Gasteiger charge is 2.23. The van der Waals surface area contributed by atoms with E-state index in [1.54, 1.807) is 13.3 Å². The molecule has 0 fully saturated rings. The molecule has 1 aliphatic heterocycles. The Morgan fingerprint density at radius 3 is 3.14 bits per heavy atom. The van der Waals surface area contributed by atoms with E-state index < -0.39 is 0 Å². The summed E-state index contributed by atoms with van der Waals surface area (Å²) in [6, 6.07) is 9.55. The lowest BCUT2D eigenvalue weighted by Crippen LogP contribution is -2.35. The van der Waals surface area contributed by atoms with Crippen molar-refractivity contribution in [3.05, 3.63) is 59.4 Å². The van der Waals surface area contributed by atoms with Crippen LogP contribution in [-0.2, 0) is 17.8 Å². The number of carbonyl (C=O) groups is 1. The third-order valence-corrected chi connectivity index (χ3v) is 3.73. The van der Waals surface area contributed by atoms with Crippen LogP contribution in [0.3, 0.4) is 0 Å². The van der Waals surface area contributed by atoms with E-state index >= 15 is 0 Å². The lowest BCUT2D eigenvalue weighted by Gasteiger charge is -2.29. The van der Waals surface area contributed by atoms with Gasteiger partial charge in [0.2, 0.25) is 0 Å². The highest BCUT2D eigenvalue weighted by molar-refractivity contribution is 6.06. The predicted molar refractivity (Wildman–Crippen MR) is 81.4 cm³/mol. The molecule has 0 aliphatic carbocycles. The smallest absolute Gasteiger partial charge is 0.258 e. The molecule has 1 aliphatic rings. The molecule has 4 heteroatoms. The normalized spacial score (nSPS) is 13.9. The molecule has 1 amide bonds. The molecule has 3 rings (SSSR count). The Labute approximate surface area is 124 Å². The molecule has 0 radical (unpaired) electrons. The Bertz CT molecular complexity index is 655. The third kappa shape index (κ3) is 2.81. The molecule has 2 heterocycles. The molecule has 0 bridgehead atoms. The van der Waals surface area contributed by atoms with Crippen LogP contribution >= 0.6 is 0 Å². The number of rotatable bonds is 3. The molecule has 0 unspecified atom stereocenters. The lowest BCUT2D eigenvalue weighted by atomic mass is 10.0. The minimum Gasteiger partial charge on any atom is -0.380 e. The Kier molecular flexibility index (Phi) is 3.97. The van der Waals surface area contributed by atoms with Gasteiger partial charge >= 0.3 is 0 Å². The number of amides is 1. The number of nitrogens with zero attached hydrogens (tertiary/aromatic N) is 2. The molecule has 21 heavy (non-hydrogen) atoms. The van der Waals surface area contributed by atoms with Gasteiger partial charge in [-0.2, -0.15) is 0 Å². The molecule has 1 aromatic heterocycles. The maximum atomic E-state index is 12.8. The van der Waals surface area contributed by atoms with E-state index in [1.165, 1.54) is 0 Å². The Balaban J connectivity index is 1.91. The fourth-order valence-electron chi connectivity index (χ4n) is 2.75. The van der Waals surface area contributed by atoms with Gasteiger partial charge in [-0.25, -0.2) is 0 Å². The van der Waals surface area contributed by atoms with Gasteiger partial charge < -0.3 is 9.64 Å². The molecule has 0 N–H and O–H groups in total. The van der Waals surface area contributed by atoms with Crippen LogP contribution in [0.5, 0.6) is 0 Å². The number of pyridine rings is 1. The highest BCUT2D eigenvalue weighted by atomic mass is 16.5. The van der Waals surface area contributed by atoms with Gasteiger partial charge in [-0.15, -0.1) is 0 Å². The van der Waals surface area contributed by atoms with Crippen LogP contribution in [0.25, 0.3) is 0 Å². The van der Waals surface area contributed by atoms with Crippen molar-refractivity contribution in [3.8, 4) is 0 Å². The first-order valence-corrected chi connectivity index (χ1v) is 7.12. The summed E-state index contributed by atoms with van der Waals surface area (Å²) in [6.07, 6.45) is 5.56. The van der Waals surface area contributed by atoms with Crippen LogP contribution in [0.1, 0.15) is 27.9 Å². The third-order valence-electron chi connectivity index (χ3n) is 3.73. The molecular weight excluding hydrogens is 264 g/mol. The average molecular weight is 282 g/mol. The van der Waals surface area contributed by atoms with E-state index in [0.29, 0.717) is 12.2 Å². The number of hydrogen-bond donors (Lipinski definition) is 0. The fourth-order valence-corrected chi connectivity index (χ4v) is 2.75. The van der Waals surface area contributed by atoms with Crippen molar-refractivity contribution in [1.29, 1.82) is 0 Å². The zero-order valence-corrected chi connectivity index (χ0v) is 12.1. The summed E-state index contributed by atoms with van der Waals surface area (Å²) >= 11 is 0. The molecule has 0 saturated heterocycles. The number of anilines is 1. The van der Waals surface area contributed by atoms with E-state index in [0.717, 1.165) is 36.2 Å². The summed E-state index contributed by atoms with van der Waals surface area (Å²) in [5.41, 5.74) is 3.84. The quantitative estimate of drug-likeness (QED) is 0.869. The molecule has 0 spiro atoms. The second-order valence-electron chi connectivity index (χ2n) is 5.20. The molecule has 1 aromatic carbocycles. The first kappa shape index (κ1) is 13.8. The second-order valence-corrected chi connectivity index (χ2v) is 5.20. The summed E-state index contributed by atoms with van der Waals surface area (Å²) in [5.74, 6) is 0.0418. The molecular formula is C17H18N2O2. The van der Waals surface area contributed by atoms with Gasteiger partial charge in [0, 0.05) is 31.6 Å². The van der Waals surface area contributed by atoms with Crippen molar-refractivity contribution in [3.63, 3.8) is 0 Å². The lowest BCUT2D eigenvalue weighted by molar-refractivity contribution is 0.0984. The van der Waals surface area contributed by atoms with Crippen molar-refractivity contribution in [2.24, 2.45) is 0 Å². The summed E-state index contributed by atoms with van der Waals surface area (Å²) < 4.78 is 5.13. The SMILES string of the molecule is COCc1cccc(C(=O)N2CCCc3cnccc32)c1. The molecule has 0 saturated carbocycles. The van der Waals surface area contributed by atoms with E-state index in [9.17, 15) is 4.79 Å². The van der Waals surface area contributed by atoms with Crippen molar-refractivity contribution in [2.75, 3.05) is 18.6 Å². The van der Waals surface area contributed by atoms with Crippen molar-refractivity contribution < 1.29 is 9.53 Å². The van der Waals surface area contributed by atoms with Gasteiger partial charge in [0.15, 0.2) is 0 Å². The number of aryl methyl sites for hydroxylation is 1. The van der Waals surface area contributed by atoms with E-state index in [1.807, 2.05) is 41.4 Å². The van der Waals surface area contributed by atoms with Gasteiger partial charge in [0.25, 0.3) is 5.91 Å². The summed E-state index contributed by atoms with van der Waals surface area (Å²) in [4.78, 5) is 18.8. The van der Waals surface area contributed by atoms with Crippen molar-refractivity contribution in [1.82, 2.24) is 4.98 Å². The topological polar surface area (TPSA) is 42.4 Å². The fraction of sp³-hybridized carbons (Fsp3) is 0.294. The van der Waals surface area contributed by atoms with Gasteiger partial charge in [-0.05, 0) is 42.2 Å². The zero-order chi connectivity index (χ0) is 14.7. The number of ether oxygens (including phenoxy) is 1. The van der Waals surface area contributed by atoms with E-state index in [-0.39, 0.29) is 5.91 Å². The summed E-state index contributed by atoms with van der Waals surface area (Å²) in [7, 11) is 1.66. The number of benzene rings is 1. The van der Waals surface area contributed by atoms with Gasteiger partial charge in [-0.3, -0.25) is 9.78 Å². The number of hydrogen-bond acceptors (Lipinski definition) is 3. The zero-order valence-electron chi connectivity index (χ0n) is 12.1. The van der Waals surface area contributed by atoms with Crippen molar-refractivity contribution in [2.45, 2.75) is 19.4 Å². The first-order chi connectivity index (χ1) is 10.3. The minimum absolute atomic E-state index is 0.0418. The van der Waals surface area contributed by atoms with Crippen LogP contribution < -0.4 is 4.90 Å². The van der Waals surface area contributed by atoms with Crippen molar-refractivity contribution >= 4 is 11.6 Å². The van der Waals surface area contributed by atoms with Crippen LogP contribution in [-0.4, -0.2) is 24.5 Å². The minimum atomic E-state index is 0.0418. The Morgan fingerprint density at radius 1 is 1.38 bits per heavy atom. The largest absolute Gasteiger partial charge is 0.380 e. The van der Waals surface area contributed by atoms with Gasteiger partial charge in [-0.1, -0.05) is 12.1 Å². The number of methoxy groups -OCH3 is 1. The van der Waals surface area contributed by atoms with Crippen LogP contribution in [0, 0.1) is 0 Å². The molecule has 0 atom stereocenters. The van der Waals surface area contributed by atoms with Gasteiger partial charge in [0.05, 0.1) is 12.3 Å². The number of carbonyl (C=O) groups excluding carboxylic acids is 1. The predicted octanol–water partition coefficient (Wildman–Crippen LogP) is 2.82. The maximum Gasteiger partial charge on any atom is 0.258 e. The van der Waals surface area contributed by atoms with E-state index in [2.05, 4.69) is 4.98 Å². The van der Waals surface area contributed by atoms with Gasteiger partial charge in [0.1, 0.15) is 0 Å². The highest BCUT2D eigenvalue weighted by Crippen LogP contribution is 2.27. The molecule has 2 aromatic rings. The standard InChI is InChI=1S/C17H18N2O2/c1-21-12-13-4-2-5-14(10-13)17(20)19-9-3-6-15-11-18-8-7-16(15)19/h2,4-5,7-8,10-11H,3,6,9,12H2,1H3. The van der Waals surface area contributed by atoms with Crippen LogP contribution in [0.15, 0.2) is 42.7 Å². The second kappa shape index (κ2) is 6.06. The first-order valence-electron chi connectivity index (χ1n) is 7.12. The summed E-state index contributed by atoms with van der Waals surface area (Å²) in [5, 5.41) is 0. The number of fused-ring (bicyclic) bond motifs is 1.